The average molecular weight is 273 g/mol. The zero-order chi connectivity index (χ0) is 14.2. The Morgan fingerprint density at radius 2 is 2.05 bits per heavy atom. The van der Waals surface area contributed by atoms with E-state index in [1.807, 2.05) is 4.90 Å². The van der Waals surface area contributed by atoms with Crippen LogP contribution in [0.3, 0.4) is 0 Å². The smallest absolute Gasteiger partial charge is 0.355 e. The number of pyridine rings is 1. The van der Waals surface area contributed by atoms with Crippen molar-refractivity contribution >= 4 is 5.82 Å². The molecule has 0 unspecified atom stereocenters. The standard InChI is InChI=1S/C13H18F3N3/c1-8(2)10-6-19(7-11(10)17)12-5-9(3-4-18-12)13(14,15)16/h3-5,8,10-11H,6-7,17H2,1-2H3/t10-,11+/m1/s1. The summed E-state index contributed by atoms with van der Waals surface area (Å²) in [6.45, 7) is 5.37. The molecule has 2 rings (SSSR count). The van der Waals surface area contributed by atoms with Crippen molar-refractivity contribution in [1.82, 2.24) is 4.98 Å². The molecule has 1 aliphatic rings. The van der Waals surface area contributed by atoms with Gasteiger partial charge < -0.3 is 10.6 Å². The fraction of sp³-hybridized carbons (Fsp3) is 0.615. The summed E-state index contributed by atoms with van der Waals surface area (Å²) in [6, 6.07) is 2.06. The lowest BCUT2D eigenvalue weighted by Gasteiger charge is -2.19. The minimum Gasteiger partial charge on any atom is -0.355 e. The molecule has 0 saturated carbocycles. The zero-order valence-electron chi connectivity index (χ0n) is 11.0. The van der Waals surface area contributed by atoms with Crippen LogP contribution in [0, 0.1) is 11.8 Å². The van der Waals surface area contributed by atoms with Gasteiger partial charge in [-0.15, -0.1) is 0 Å². The third-order valence-corrected chi connectivity index (χ3v) is 3.67. The van der Waals surface area contributed by atoms with Crippen LogP contribution < -0.4 is 10.6 Å². The number of aromatic nitrogens is 1. The van der Waals surface area contributed by atoms with Gasteiger partial charge in [0.2, 0.25) is 0 Å². The molecule has 0 amide bonds. The molecule has 1 aromatic rings. The first-order chi connectivity index (χ1) is 8.79. The van der Waals surface area contributed by atoms with Crippen molar-refractivity contribution in [2.45, 2.75) is 26.1 Å². The van der Waals surface area contributed by atoms with Crippen molar-refractivity contribution in [3.8, 4) is 0 Å². The molecule has 1 saturated heterocycles. The second-order valence-corrected chi connectivity index (χ2v) is 5.38. The first kappa shape index (κ1) is 14.1. The molecule has 1 aromatic heterocycles. The Morgan fingerprint density at radius 1 is 1.37 bits per heavy atom. The van der Waals surface area contributed by atoms with Gasteiger partial charge in [-0.3, -0.25) is 0 Å². The Kier molecular flexibility index (Phi) is 3.71. The van der Waals surface area contributed by atoms with Crippen molar-refractivity contribution < 1.29 is 13.2 Å². The summed E-state index contributed by atoms with van der Waals surface area (Å²) in [5.74, 6) is 1.05. The van der Waals surface area contributed by atoms with Gasteiger partial charge in [-0.2, -0.15) is 13.2 Å². The maximum absolute atomic E-state index is 12.7. The molecule has 19 heavy (non-hydrogen) atoms. The maximum atomic E-state index is 12.7. The number of nitrogens with zero attached hydrogens (tertiary/aromatic N) is 2. The molecule has 2 heterocycles. The molecule has 0 aliphatic carbocycles. The summed E-state index contributed by atoms with van der Waals surface area (Å²) in [7, 11) is 0. The highest BCUT2D eigenvalue weighted by atomic mass is 19.4. The number of halogens is 3. The lowest BCUT2D eigenvalue weighted by atomic mass is 9.92. The minimum atomic E-state index is -4.34. The zero-order valence-corrected chi connectivity index (χ0v) is 11.0. The van der Waals surface area contributed by atoms with Crippen LogP contribution in [0.25, 0.3) is 0 Å². The maximum Gasteiger partial charge on any atom is 0.416 e. The van der Waals surface area contributed by atoms with Crippen molar-refractivity contribution in [3.05, 3.63) is 23.9 Å². The van der Waals surface area contributed by atoms with Crippen LogP contribution in [0.15, 0.2) is 18.3 Å². The molecule has 1 aliphatic heterocycles. The molecule has 0 radical (unpaired) electrons. The summed E-state index contributed by atoms with van der Waals surface area (Å²) in [4.78, 5) is 5.87. The summed E-state index contributed by atoms with van der Waals surface area (Å²) >= 11 is 0. The summed E-state index contributed by atoms with van der Waals surface area (Å²) < 4.78 is 38.0. The predicted octanol–water partition coefficient (Wildman–Crippen LogP) is 2.52. The second kappa shape index (κ2) is 5.00. The van der Waals surface area contributed by atoms with Gasteiger partial charge in [0.1, 0.15) is 5.82 Å². The Labute approximate surface area is 110 Å². The second-order valence-electron chi connectivity index (χ2n) is 5.38. The van der Waals surface area contributed by atoms with Crippen molar-refractivity contribution in [2.24, 2.45) is 17.6 Å². The van der Waals surface area contributed by atoms with Gasteiger partial charge in [0.05, 0.1) is 5.56 Å². The van der Waals surface area contributed by atoms with E-state index in [1.54, 1.807) is 0 Å². The average Bonchev–Trinajstić information content (AvgIpc) is 2.70. The first-order valence-corrected chi connectivity index (χ1v) is 6.33. The van der Waals surface area contributed by atoms with Crippen LogP contribution in [0.2, 0.25) is 0 Å². The molecular weight excluding hydrogens is 255 g/mol. The highest BCUT2D eigenvalue weighted by molar-refractivity contribution is 5.43. The van der Waals surface area contributed by atoms with Crippen LogP contribution >= 0.6 is 0 Å². The number of hydrogen-bond donors (Lipinski definition) is 1. The van der Waals surface area contributed by atoms with Gasteiger partial charge in [-0.25, -0.2) is 4.98 Å². The summed E-state index contributed by atoms with van der Waals surface area (Å²) in [5.41, 5.74) is 5.37. The molecule has 0 bridgehead atoms. The molecule has 6 heteroatoms. The van der Waals surface area contributed by atoms with Crippen molar-refractivity contribution in [3.63, 3.8) is 0 Å². The van der Waals surface area contributed by atoms with E-state index in [2.05, 4.69) is 18.8 Å². The number of nitrogens with two attached hydrogens (primary N) is 1. The number of anilines is 1. The Balaban J connectivity index is 2.20. The molecule has 0 aromatic carbocycles. The fourth-order valence-electron chi connectivity index (χ4n) is 2.51. The molecule has 106 valence electrons. The summed E-state index contributed by atoms with van der Waals surface area (Å²) in [5, 5.41) is 0. The molecular formula is C13H18F3N3. The van der Waals surface area contributed by atoms with E-state index >= 15 is 0 Å². The Morgan fingerprint density at radius 3 is 2.58 bits per heavy atom. The van der Waals surface area contributed by atoms with Crippen molar-refractivity contribution in [1.29, 1.82) is 0 Å². The normalized spacial score (nSPS) is 24.3. The third kappa shape index (κ3) is 3.00. The van der Waals surface area contributed by atoms with E-state index in [1.165, 1.54) is 6.20 Å². The van der Waals surface area contributed by atoms with E-state index in [4.69, 9.17) is 5.73 Å². The Bertz CT molecular complexity index is 445. The monoisotopic (exact) mass is 273 g/mol. The minimum absolute atomic E-state index is 0.0173. The van der Waals surface area contributed by atoms with Crippen LogP contribution in [0.4, 0.5) is 19.0 Å². The third-order valence-electron chi connectivity index (χ3n) is 3.67. The topological polar surface area (TPSA) is 42.2 Å². The molecule has 0 spiro atoms. The van der Waals surface area contributed by atoms with Gasteiger partial charge >= 0.3 is 6.18 Å². The van der Waals surface area contributed by atoms with Gasteiger partial charge in [-0.05, 0) is 24.0 Å². The summed E-state index contributed by atoms with van der Waals surface area (Å²) in [6.07, 6.45) is -3.14. The van der Waals surface area contributed by atoms with E-state index in [9.17, 15) is 13.2 Å². The van der Waals surface area contributed by atoms with E-state index in [-0.39, 0.29) is 12.0 Å². The highest BCUT2D eigenvalue weighted by Gasteiger charge is 2.35. The van der Waals surface area contributed by atoms with Gasteiger partial charge in [-0.1, -0.05) is 13.8 Å². The van der Waals surface area contributed by atoms with Crippen LogP contribution in [0.5, 0.6) is 0 Å². The number of hydrogen-bond acceptors (Lipinski definition) is 3. The van der Waals surface area contributed by atoms with Crippen LogP contribution in [-0.4, -0.2) is 24.1 Å². The van der Waals surface area contributed by atoms with Crippen molar-refractivity contribution in [2.75, 3.05) is 18.0 Å². The fourth-order valence-corrected chi connectivity index (χ4v) is 2.51. The lowest BCUT2D eigenvalue weighted by Crippen LogP contribution is -2.32. The molecule has 2 N–H and O–H groups in total. The van der Waals surface area contributed by atoms with Gasteiger partial charge in [0.15, 0.2) is 0 Å². The number of alkyl halides is 3. The predicted molar refractivity (Wildman–Crippen MR) is 67.8 cm³/mol. The largest absolute Gasteiger partial charge is 0.416 e. The first-order valence-electron chi connectivity index (χ1n) is 6.33. The molecule has 2 atom stereocenters. The molecule has 3 nitrogen and oxygen atoms in total. The van der Waals surface area contributed by atoms with E-state index < -0.39 is 11.7 Å². The highest BCUT2D eigenvalue weighted by Crippen LogP contribution is 2.32. The Hall–Kier alpha value is -1.30. The van der Waals surface area contributed by atoms with Gasteiger partial charge in [0, 0.05) is 25.3 Å². The van der Waals surface area contributed by atoms with E-state index in [0.29, 0.717) is 24.8 Å². The van der Waals surface area contributed by atoms with Crippen LogP contribution in [-0.2, 0) is 6.18 Å². The molecule has 1 fully saturated rings. The van der Waals surface area contributed by atoms with Gasteiger partial charge in [0.25, 0.3) is 0 Å². The lowest BCUT2D eigenvalue weighted by molar-refractivity contribution is -0.137. The quantitative estimate of drug-likeness (QED) is 0.900. The SMILES string of the molecule is CC(C)[C@H]1CN(c2cc(C(F)(F)F)ccn2)C[C@@H]1N. The van der Waals surface area contributed by atoms with Crippen LogP contribution in [0.1, 0.15) is 19.4 Å². The van der Waals surface area contributed by atoms with E-state index in [0.717, 1.165) is 12.1 Å². The number of rotatable bonds is 2.